The number of nitrogens with one attached hydrogen (secondary N) is 1. The Morgan fingerprint density at radius 2 is 1.81 bits per heavy atom. The number of piperidine rings is 1. The lowest BCUT2D eigenvalue weighted by atomic mass is 9.95. The average Bonchev–Trinajstić information content (AvgIpc) is 3.26. The molecule has 3 heterocycles. The number of fused-ring (bicyclic) bond motifs is 1. The van der Waals surface area contributed by atoms with Crippen molar-refractivity contribution in [1.29, 1.82) is 0 Å². The molecule has 0 unspecified atom stereocenters. The largest absolute Gasteiger partial charge is 0.310 e. The minimum atomic E-state index is 0.0289. The minimum Gasteiger partial charge on any atom is -0.310 e. The molecule has 0 spiro atoms. The summed E-state index contributed by atoms with van der Waals surface area (Å²) in [5.41, 5.74) is 3.49. The lowest BCUT2D eigenvalue weighted by Crippen LogP contribution is -2.37. The Bertz CT molecular complexity index is 1230. The van der Waals surface area contributed by atoms with Gasteiger partial charge in [-0.15, -0.1) is 0 Å². The van der Waals surface area contributed by atoms with Gasteiger partial charge in [-0.1, -0.05) is 42.5 Å². The van der Waals surface area contributed by atoms with Crippen molar-refractivity contribution < 1.29 is 4.79 Å². The number of hydrogen-bond donors (Lipinski definition) is 1. The first-order chi connectivity index (χ1) is 15.6. The molecule has 0 radical (unpaired) electrons. The summed E-state index contributed by atoms with van der Waals surface area (Å²) in [5, 5.41) is 9.40. The Morgan fingerprint density at radius 3 is 2.56 bits per heavy atom. The fourth-order valence-electron chi connectivity index (χ4n) is 4.38. The second kappa shape index (κ2) is 8.93. The molecule has 1 N–H and O–H groups in total. The minimum absolute atomic E-state index is 0.0289. The predicted octanol–water partition coefficient (Wildman–Crippen LogP) is 4.49. The highest BCUT2D eigenvalue weighted by molar-refractivity contribution is 5.95. The third-order valence-corrected chi connectivity index (χ3v) is 6.22. The molecule has 1 fully saturated rings. The van der Waals surface area contributed by atoms with Crippen molar-refractivity contribution in [3.05, 3.63) is 78.8 Å². The van der Waals surface area contributed by atoms with Gasteiger partial charge in [0.1, 0.15) is 5.82 Å². The molecule has 32 heavy (non-hydrogen) atoms. The van der Waals surface area contributed by atoms with Crippen LogP contribution in [-0.4, -0.2) is 38.7 Å². The van der Waals surface area contributed by atoms with Crippen LogP contribution in [0.4, 0.5) is 5.82 Å². The maximum atomic E-state index is 12.9. The third-order valence-electron chi connectivity index (χ3n) is 6.22. The fourth-order valence-corrected chi connectivity index (χ4v) is 4.38. The van der Waals surface area contributed by atoms with Crippen molar-refractivity contribution in [1.82, 2.24) is 19.7 Å². The molecule has 1 aliphatic rings. The van der Waals surface area contributed by atoms with Crippen LogP contribution in [0.15, 0.2) is 73.2 Å². The van der Waals surface area contributed by atoms with Crippen LogP contribution in [0, 0.1) is 5.92 Å². The van der Waals surface area contributed by atoms with Gasteiger partial charge in [-0.25, -0.2) is 4.98 Å². The van der Waals surface area contributed by atoms with E-state index in [9.17, 15) is 4.79 Å². The maximum Gasteiger partial charge on any atom is 0.228 e. The molecule has 0 aliphatic carbocycles. The Hall–Kier alpha value is -3.51. The highest BCUT2D eigenvalue weighted by Gasteiger charge is 2.25. The number of nitrogens with zero attached hydrogens (tertiary/aromatic N) is 4. The normalized spacial score (nSPS) is 15.2. The molecule has 6 nitrogen and oxygen atoms in total. The van der Waals surface area contributed by atoms with Gasteiger partial charge in [-0.05, 0) is 54.6 Å². The van der Waals surface area contributed by atoms with Crippen molar-refractivity contribution in [2.24, 2.45) is 13.0 Å². The van der Waals surface area contributed by atoms with Crippen LogP contribution in [0.5, 0.6) is 0 Å². The number of benzene rings is 2. The monoisotopic (exact) mass is 425 g/mol. The number of amides is 1. The van der Waals surface area contributed by atoms with E-state index in [0.717, 1.165) is 54.4 Å². The molecule has 0 atom stereocenters. The number of likely N-dealkylation sites (tertiary alicyclic amines) is 1. The Morgan fingerprint density at radius 1 is 1.00 bits per heavy atom. The average molecular weight is 426 g/mol. The Labute approximate surface area is 187 Å². The van der Waals surface area contributed by atoms with Gasteiger partial charge >= 0.3 is 0 Å². The van der Waals surface area contributed by atoms with Crippen molar-refractivity contribution in [2.75, 3.05) is 18.4 Å². The van der Waals surface area contributed by atoms with E-state index in [1.165, 1.54) is 5.56 Å². The third kappa shape index (κ3) is 4.55. The van der Waals surface area contributed by atoms with Crippen LogP contribution in [0.2, 0.25) is 0 Å². The van der Waals surface area contributed by atoms with Crippen LogP contribution in [-0.2, 0) is 18.4 Å². The summed E-state index contributed by atoms with van der Waals surface area (Å²) in [7, 11) is 1.91. The highest BCUT2D eigenvalue weighted by atomic mass is 16.1. The molecule has 4 aromatic rings. The van der Waals surface area contributed by atoms with E-state index >= 15 is 0 Å². The topological polar surface area (TPSA) is 63.1 Å². The van der Waals surface area contributed by atoms with E-state index < -0.39 is 0 Å². The van der Waals surface area contributed by atoms with E-state index in [4.69, 9.17) is 0 Å². The number of carbonyl (C=O) groups is 1. The van der Waals surface area contributed by atoms with Gasteiger partial charge in [0.25, 0.3) is 0 Å². The standard InChI is InChI=1S/C26H27N5O/c1-30-18-24(16-28-30)21-7-8-22-15-27-25(14-23(22)13-21)29-26(32)20-9-11-31(12-10-20)17-19-5-3-2-4-6-19/h2-8,13-16,18,20H,9-12,17H2,1H3,(H,27,29,32). The van der Waals surface area contributed by atoms with Crippen LogP contribution < -0.4 is 5.32 Å². The van der Waals surface area contributed by atoms with Crippen LogP contribution in [0.3, 0.4) is 0 Å². The Balaban J connectivity index is 1.22. The summed E-state index contributed by atoms with van der Waals surface area (Å²) < 4.78 is 1.79. The number of hydrogen-bond acceptors (Lipinski definition) is 4. The molecule has 6 heteroatoms. The van der Waals surface area contributed by atoms with E-state index in [0.29, 0.717) is 5.82 Å². The van der Waals surface area contributed by atoms with Crippen molar-refractivity contribution >= 4 is 22.5 Å². The second-order valence-corrected chi connectivity index (χ2v) is 8.56. The molecule has 1 aliphatic heterocycles. The second-order valence-electron chi connectivity index (χ2n) is 8.56. The van der Waals surface area contributed by atoms with Gasteiger partial charge in [0, 0.05) is 42.9 Å². The van der Waals surface area contributed by atoms with E-state index in [1.807, 2.05) is 37.8 Å². The zero-order valence-electron chi connectivity index (χ0n) is 18.2. The summed E-state index contributed by atoms with van der Waals surface area (Å²) >= 11 is 0. The lowest BCUT2D eigenvalue weighted by Gasteiger charge is -2.31. The molecule has 1 saturated heterocycles. The Kier molecular flexibility index (Phi) is 5.69. The summed E-state index contributed by atoms with van der Waals surface area (Å²) in [4.78, 5) is 19.8. The zero-order valence-corrected chi connectivity index (χ0v) is 18.2. The first-order valence-electron chi connectivity index (χ1n) is 11.1. The van der Waals surface area contributed by atoms with Gasteiger partial charge in [-0.3, -0.25) is 14.4 Å². The molecule has 0 bridgehead atoms. The van der Waals surface area contributed by atoms with Crippen LogP contribution in [0.25, 0.3) is 21.9 Å². The molecular weight excluding hydrogens is 398 g/mol. The number of rotatable bonds is 5. The summed E-state index contributed by atoms with van der Waals surface area (Å²) in [6.45, 7) is 2.82. The van der Waals surface area contributed by atoms with Gasteiger partial charge in [0.05, 0.1) is 6.20 Å². The lowest BCUT2D eigenvalue weighted by molar-refractivity contribution is -0.121. The molecule has 162 valence electrons. The zero-order chi connectivity index (χ0) is 21.9. The van der Waals surface area contributed by atoms with Gasteiger partial charge < -0.3 is 5.32 Å². The predicted molar refractivity (Wildman–Crippen MR) is 127 cm³/mol. The number of pyridine rings is 1. The quantitative estimate of drug-likeness (QED) is 0.512. The van der Waals surface area contributed by atoms with E-state index in [1.54, 1.807) is 4.68 Å². The molecule has 5 rings (SSSR count). The summed E-state index contributed by atoms with van der Waals surface area (Å²) in [6, 6.07) is 18.7. The summed E-state index contributed by atoms with van der Waals surface area (Å²) in [6.07, 6.45) is 7.42. The smallest absolute Gasteiger partial charge is 0.228 e. The van der Waals surface area contributed by atoms with Crippen LogP contribution >= 0.6 is 0 Å². The first-order valence-corrected chi connectivity index (χ1v) is 11.1. The number of aryl methyl sites for hydroxylation is 1. The number of carbonyl (C=O) groups excluding carboxylic acids is 1. The number of anilines is 1. The van der Waals surface area contributed by atoms with E-state index in [-0.39, 0.29) is 11.8 Å². The molecule has 2 aromatic heterocycles. The molecular formula is C26H27N5O. The molecule has 2 aromatic carbocycles. The van der Waals surface area contributed by atoms with Crippen molar-refractivity contribution in [3.8, 4) is 11.1 Å². The van der Waals surface area contributed by atoms with Gasteiger partial charge in [0.15, 0.2) is 0 Å². The van der Waals surface area contributed by atoms with Crippen molar-refractivity contribution in [2.45, 2.75) is 19.4 Å². The molecule has 1 amide bonds. The fraction of sp³-hybridized carbons (Fsp3) is 0.269. The van der Waals surface area contributed by atoms with Crippen molar-refractivity contribution in [3.63, 3.8) is 0 Å². The number of aromatic nitrogens is 3. The van der Waals surface area contributed by atoms with E-state index in [2.05, 4.69) is 62.8 Å². The maximum absolute atomic E-state index is 12.9. The highest BCUT2D eigenvalue weighted by Crippen LogP contribution is 2.26. The first kappa shape index (κ1) is 20.4. The molecule has 0 saturated carbocycles. The van der Waals surface area contributed by atoms with Crippen LogP contribution in [0.1, 0.15) is 18.4 Å². The van der Waals surface area contributed by atoms with Gasteiger partial charge in [-0.2, -0.15) is 5.10 Å². The van der Waals surface area contributed by atoms with Gasteiger partial charge in [0.2, 0.25) is 5.91 Å². The SMILES string of the molecule is Cn1cc(-c2ccc3cnc(NC(=O)C4CCN(Cc5ccccc5)CC4)cc3c2)cn1. The summed E-state index contributed by atoms with van der Waals surface area (Å²) in [5.74, 6) is 0.707.